The van der Waals surface area contributed by atoms with Crippen molar-refractivity contribution in [3.63, 3.8) is 0 Å². The van der Waals surface area contributed by atoms with Crippen molar-refractivity contribution in [2.75, 3.05) is 43.0 Å². The minimum Gasteiger partial charge on any atom is -0.355 e. The van der Waals surface area contributed by atoms with Crippen LogP contribution in [0.5, 0.6) is 0 Å². The van der Waals surface area contributed by atoms with Crippen LogP contribution >= 0.6 is 0 Å². The van der Waals surface area contributed by atoms with Gasteiger partial charge in [0.25, 0.3) is 0 Å². The maximum atomic E-state index is 12.0. The number of anilines is 1. The van der Waals surface area contributed by atoms with Gasteiger partial charge in [-0.2, -0.15) is 0 Å². The normalized spacial score (nSPS) is 11.4. The van der Waals surface area contributed by atoms with Crippen LogP contribution in [-0.2, 0) is 19.4 Å². The number of carbonyl (C=O) groups is 2. The van der Waals surface area contributed by atoms with E-state index in [1.54, 1.807) is 12.1 Å². The van der Waals surface area contributed by atoms with Gasteiger partial charge in [-0.05, 0) is 45.1 Å². The third-order valence-corrected chi connectivity index (χ3v) is 5.31. The Morgan fingerprint density at radius 2 is 1.58 bits per heavy atom. The van der Waals surface area contributed by atoms with Crippen LogP contribution in [0.15, 0.2) is 24.3 Å². The zero-order valence-electron chi connectivity index (χ0n) is 15.7. The van der Waals surface area contributed by atoms with Crippen molar-refractivity contribution in [2.24, 2.45) is 0 Å². The maximum Gasteiger partial charge on any atom is 0.239 e. The second-order valence-corrected chi connectivity index (χ2v) is 8.24. The zero-order chi connectivity index (χ0) is 19.6. The Kier molecular flexibility index (Phi) is 9.29. The molecule has 0 saturated carbocycles. The molecule has 0 saturated heterocycles. The molecule has 0 aliphatic rings. The molecule has 0 aromatic heterocycles. The van der Waals surface area contributed by atoms with Crippen LogP contribution in [0.1, 0.15) is 25.8 Å². The number of carbonyl (C=O) groups excluding carboxylic acids is 2. The van der Waals surface area contributed by atoms with Crippen LogP contribution in [0.2, 0.25) is 0 Å². The summed E-state index contributed by atoms with van der Waals surface area (Å²) in [5, 5.41) is 5.12. The standard InChI is InChI=1S/C18H29N3O4S/c1-4-21(5-2)12-6-11-19-17(22)13-26(24,25)14-18(23)20-16-9-7-15(3)8-10-16/h7-10H,4-6,11-14H2,1-3H3,(H,19,22)(H,20,23). The van der Waals surface area contributed by atoms with Crippen molar-refractivity contribution >= 4 is 27.3 Å². The summed E-state index contributed by atoms with van der Waals surface area (Å²) in [4.78, 5) is 25.9. The Morgan fingerprint density at radius 3 is 2.15 bits per heavy atom. The van der Waals surface area contributed by atoms with Crippen molar-refractivity contribution in [3.05, 3.63) is 29.8 Å². The highest BCUT2D eigenvalue weighted by Gasteiger charge is 2.20. The molecule has 1 aromatic rings. The van der Waals surface area contributed by atoms with Gasteiger partial charge in [-0.15, -0.1) is 0 Å². The summed E-state index contributed by atoms with van der Waals surface area (Å²) in [5.41, 5.74) is 1.56. The first-order valence-electron chi connectivity index (χ1n) is 8.81. The molecule has 0 atom stereocenters. The fourth-order valence-corrected chi connectivity index (χ4v) is 3.48. The Balaban J connectivity index is 2.36. The van der Waals surface area contributed by atoms with Crippen LogP contribution in [-0.4, -0.2) is 62.8 Å². The first-order valence-corrected chi connectivity index (χ1v) is 10.6. The predicted molar refractivity (Wildman–Crippen MR) is 104 cm³/mol. The van der Waals surface area contributed by atoms with E-state index in [1.165, 1.54) is 0 Å². The summed E-state index contributed by atoms with van der Waals surface area (Å²) in [6, 6.07) is 7.02. The first-order chi connectivity index (χ1) is 12.3. The summed E-state index contributed by atoms with van der Waals surface area (Å²) >= 11 is 0. The number of amides is 2. The van der Waals surface area contributed by atoms with Crippen LogP contribution in [0.3, 0.4) is 0 Å². The molecule has 2 N–H and O–H groups in total. The summed E-state index contributed by atoms with van der Waals surface area (Å²) in [6.07, 6.45) is 0.751. The van der Waals surface area contributed by atoms with Crippen LogP contribution < -0.4 is 10.6 Å². The second kappa shape index (κ2) is 10.9. The number of nitrogens with one attached hydrogen (secondary N) is 2. The molecule has 1 aromatic carbocycles. The minimum absolute atomic E-state index is 0.417. The average molecular weight is 384 g/mol. The molecular formula is C18H29N3O4S. The quantitative estimate of drug-likeness (QED) is 0.560. The topological polar surface area (TPSA) is 95.6 Å². The largest absolute Gasteiger partial charge is 0.355 e. The zero-order valence-corrected chi connectivity index (χ0v) is 16.6. The predicted octanol–water partition coefficient (Wildman–Crippen LogP) is 1.20. The Morgan fingerprint density at radius 1 is 1.00 bits per heavy atom. The van der Waals surface area contributed by atoms with E-state index < -0.39 is 33.2 Å². The van der Waals surface area contributed by atoms with Gasteiger partial charge >= 0.3 is 0 Å². The lowest BCUT2D eigenvalue weighted by Crippen LogP contribution is -2.35. The van der Waals surface area contributed by atoms with E-state index in [9.17, 15) is 18.0 Å². The van der Waals surface area contributed by atoms with E-state index in [0.717, 1.165) is 31.6 Å². The monoisotopic (exact) mass is 383 g/mol. The number of hydrogen-bond donors (Lipinski definition) is 2. The molecule has 2 amide bonds. The van der Waals surface area contributed by atoms with Gasteiger partial charge in [-0.1, -0.05) is 31.5 Å². The van der Waals surface area contributed by atoms with E-state index >= 15 is 0 Å². The highest BCUT2D eigenvalue weighted by Crippen LogP contribution is 2.08. The Labute approximate surface area is 156 Å². The van der Waals surface area contributed by atoms with Crippen molar-refractivity contribution in [1.29, 1.82) is 0 Å². The first kappa shape index (κ1) is 22.1. The summed E-state index contributed by atoms with van der Waals surface area (Å²) in [7, 11) is -3.81. The van der Waals surface area contributed by atoms with Crippen molar-refractivity contribution < 1.29 is 18.0 Å². The van der Waals surface area contributed by atoms with Crippen LogP contribution in [0.25, 0.3) is 0 Å². The summed E-state index contributed by atoms with van der Waals surface area (Å²) in [5.74, 6) is -2.62. The molecule has 8 heteroatoms. The van der Waals surface area contributed by atoms with Crippen molar-refractivity contribution in [2.45, 2.75) is 27.2 Å². The molecule has 0 spiro atoms. The Hall–Kier alpha value is -1.93. The van der Waals surface area contributed by atoms with Gasteiger partial charge in [0.1, 0.15) is 11.5 Å². The number of benzene rings is 1. The van der Waals surface area contributed by atoms with Crippen molar-refractivity contribution in [1.82, 2.24) is 10.2 Å². The van der Waals surface area contributed by atoms with Gasteiger partial charge in [0.15, 0.2) is 9.84 Å². The van der Waals surface area contributed by atoms with Gasteiger partial charge in [-0.25, -0.2) is 8.42 Å². The number of sulfone groups is 1. The van der Waals surface area contributed by atoms with Gasteiger partial charge in [0, 0.05) is 12.2 Å². The SMILES string of the molecule is CCN(CC)CCCNC(=O)CS(=O)(=O)CC(=O)Nc1ccc(C)cc1. The lowest BCUT2D eigenvalue weighted by atomic mass is 10.2. The molecule has 0 bridgehead atoms. The number of nitrogens with zero attached hydrogens (tertiary/aromatic N) is 1. The summed E-state index contributed by atoms with van der Waals surface area (Å²) < 4.78 is 24.0. The van der Waals surface area contributed by atoms with E-state index in [-0.39, 0.29) is 0 Å². The molecule has 0 heterocycles. The number of aryl methyl sites for hydroxylation is 1. The van der Waals surface area contributed by atoms with E-state index in [1.807, 2.05) is 19.1 Å². The van der Waals surface area contributed by atoms with Gasteiger partial charge < -0.3 is 15.5 Å². The molecule has 26 heavy (non-hydrogen) atoms. The molecule has 146 valence electrons. The second-order valence-electron chi connectivity index (χ2n) is 6.18. The molecule has 0 aliphatic carbocycles. The molecule has 7 nitrogen and oxygen atoms in total. The molecular weight excluding hydrogens is 354 g/mol. The van der Waals surface area contributed by atoms with E-state index in [0.29, 0.717) is 12.2 Å². The highest BCUT2D eigenvalue weighted by molar-refractivity contribution is 7.92. The third-order valence-electron chi connectivity index (χ3n) is 3.91. The fraction of sp³-hybridized carbons (Fsp3) is 0.556. The van der Waals surface area contributed by atoms with Gasteiger partial charge in [-0.3, -0.25) is 9.59 Å². The maximum absolute atomic E-state index is 12.0. The molecule has 0 fully saturated rings. The third kappa shape index (κ3) is 8.96. The molecule has 0 unspecified atom stereocenters. The van der Waals surface area contributed by atoms with Crippen LogP contribution in [0, 0.1) is 6.92 Å². The van der Waals surface area contributed by atoms with Crippen molar-refractivity contribution in [3.8, 4) is 0 Å². The minimum atomic E-state index is -3.81. The smallest absolute Gasteiger partial charge is 0.239 e. The average Bonchev–Trinajstić information content (AvgIpc) is 2.56. The van der Waals surface area contributed by atoms with E-state index in [4.69, 9.17) is 0 Å². The van der Waals surface area contributed by atoms with Gasteiger partial charge in [0.2, 0.25) is 11.8 Å². The van der Waals surface area contributed by atoms with Gasteiger partial charge in [0.05, 0.1) is 0 Å². The fourth-order valence-electron chi connectivity index (χ4n) is 2.41. The molecule has 0 radical (unpaired) electrons. The lowest BCUT2D eigenvalue weighted by Gasteiger charge is -2.17. The summed E-state index contributed by atoms with van der Waals surface area (Å²) in [6.45, 7) is 9.19. The molecule has 0 aliphatic heterocycles. The number of hydrogen-bond acceptors (Lipinski definition) is 5. The Bertz CT molecular complexity index is 683. The lowest BCUT2D eigenvalue weighted by molar-refractivity contribution is -0.118. The highest BCUT2D eigenvalue weighted by atomic mass is 32.2. The van der Waals surface area contributed by atoms with Crippen LogP contribution in [0.4, 0.5) is 5.69 Å². The molecule has 1 rings (SSSR count). The van der Waals surface area contributed by atoms with E-state index in [2.05, 4.69) is 29.4 Å². The number of rotatable bonds is 11.